The van der Waals surface area contributed by atoms with Crippen molar-refractivity contribution in [3.05, 3.63) is 23.4 Å². The van der Waals surface area contributed by atoms with Gasteiger partial charge in [-0.05, 0) is 11.6 Å². The highest BCUT2D eigenvalue weighted by atomic mass is 16.3. The fourth-order valence-electron chi connectivity index (χ4n) is 1.97. The van der Waals surface area contributed by atoms with E-state index in [4.69, 9.17) is 5.11 Å². The van der Waals surface area contributed by atoms with E-state index in [1.54, 1.807) is 4.90 Å². The Bertz CT molecular complexity index is 432. The number of rotatable bonds is 2. The Morgan fingerprint density at radius 3 is 2.94 bits per heavy atom. The zero-order valence-corrected chi connectivity index (χ0v) is 10.2. The van der Waals surface area contributed by atoms with Crippen molar-refractivity contribution in [2.24, 2.45) is 0 Å². The molecule has 0 fully saturated rings. The molecule has 0 saturated carbocycles. The van der Waals surface area contributed by atoms with Gasteiger partial charge in [0, 0.05) is 39.3 Å². The van der Waals surface area contributed by atoms with Gasteiger partial charge in [0.25, 0.3) is 0 Å². The molecule has 0 radical (unpaired) electrons. The molecule has 0 saturated heterocycles. The summed E-state index contributed by atoms with van der Waals surface area (Å²) in [6, 6.07) is 3.96. The molecule has 92 valence electrons. The van der Waals surface area contributed by atoms with E-state index in [2.05, 4.69) is 4.98 Å². The van der Waals surface area contributed by atoms with Crippen molar-refractivity contribution >= 4 is 11.7 Å². The molecule has 1 N–H and O–H groups in total. The molecule has 2 rings (SSSR count). The third-order valence-corrected chi connectivity index (χ3v) is 2.98. The van der Waals surface area contributed by atoms with Gasteiger partial charge >= 0.3 is 0 Å². The van der Waals surface area contributed by atoms with Crippen LogP contribution >= 0.6 is 0 Å². The summed E-state index contributed by atoms with van der Waals surface area (Å²) >= 11 is 0. The Morgan fingerprint density at radius 2 is 2.29 bits per heavy atom. The van der Waals surface area contributed by atoms with E-state index in [1.807, 2.05) is 31.1 Å². The molecule has 0 aliphatic carbocycles. The molecule has 1 aromatic rings. The van der Waals surface area contributed by atoms with Crippen LogP contribution in [-0.2, 0) is 17.8 Å². The first kappa shape index (κ1) is 11.9. The Labute approximate surface area is 101 Å². The van der Waals surface area contributed by atoms with Gasteiger partial charge < -0.3 is 14.9 Å². The number of aliphatic hydroxyl groups is 1. The van der Waals surface area contributed by atoms with Crippen molar-refractivity contribution in [2.75, 3.05) is 32.1 Å². The number of anilines is 1. The normalized spacial score (nSPS) is 14.4. The molecular weight excluding hydrogens is 218 g/mol. The number of nitrogens with zero attached hydrogens (tertiary/aromatic N) is 3. The molecule has 1 aromatic heterocycles. The summed E-state index contributed by atoms with van der Waals surface area (Å²) in [4.78, 5) is 19.6. The molecule has 0 bridgehead atoms. The molecule has 0 aromatic carbocycles. The average molecular weight is 235 g/mol. The van der Waals surface area contributed by atoms with E-state index < -0.39 is 6.61 Å². The Kier molecular flexibility index (Phi) is 3.28. The summed E-state index contributed by atoms with van der Waals surface area (Å²) in [5, 5.41) is 8.84. The van der Waals surface area contributed by atoms with E-state index in [9.17, 15) is 4.79 Å². The van der Waals surface area contributed by atoms with Gasteiger partial charge in [-0.25, -0.2) is 4.98 Å². The highest BCUT2D eigenvalue weighted by Crippen LogP contribution is 2.20. The number of carbonyl (C=O) groups is 1. The molecule has 1 aliphatic rings. The molecule has 1 amide bonds. The van der Waals surface area contributed by atoms with Gasteiger partial charge in [0.1, 0.15) is 12.4 Å². The van der Waals surface area contributed by atoms with Crippen LogP contribution < -0.4 is 4.90 Å². The van der Waals surface area contributed by atoms with Crippen LogP contribution in [0.5, 0.6) is 0 Å². The first-order valence-corrected chi connectivity index (χ1v) is 5.66. The molecule has 0 atom stereocenters. The Hall–Kier alpha value is -1.62. The monoisotopic (exact) mass is 235 g/mol. The lowest BCUT2D eigenvalue weighted by Gasteiger charge is -2.28. The smallest absolute Gasteiger partial charge is 0.248 e. The highest BCUT2D eigenvalue weighted by Gasteiger charge is 2.21. The minimum Gasteiger partial charge on any atom is -0.387 e. The number of hydrogen-bond acceptors (Lipinski definition) is 4. The summed E-state index contributed by atoms with van der Waals surface area (Å²) in [6.45, 7) is 0.768. The number of aromatic nitrogens is 1. The van der Waals surface area contributed by atoms with Gasteiger partial charge in [-0.2, -0.15) is 0 Å². The predicted octanol–water partition coefficient (Wildman–Crippen LogP) is 0.0246. The van der Waals surface area contributed by atoms with Gasteiger partial charge in [-0.3, -0.25) is 4.79 Å². The van der Waals surface area contributed by atoms with Crippen molar-refractivity contribution < 1.29 is 9.90 Å². The van der Waals surface area contributed by atoms with Crippen LogP contribution in [0.25, 0.3) is 0 Å². The molecule has 0 unspecified atom stereocenters. The van der Waals surface area contributed by atoms with E-state index in [-0.39, 0.29) is 5.91 Å². The summed E-state index contributed by atoms with van der Waals surface area (Å²) in [5.41, 5.74) is 2.13. The zero-order valence-electron chi connectivity index (χ0n) is 10.2. The first-order valence-electron chi connectivity index (χ1n) is 5.66. The number of fused-ring (bicyclic) bond motifs is 1. The maximum absolute atomic E-state index is 11.4. The van der Waals surface area contributed by atoms with Crippen LogP contribution in [0.2, 0.25) is 0 Å². The first-order chi connectivity index (χ1) is 8.11. The van der Waals surface area contributed by atoms with Crippen molar-refractivity contribution in [2.45, 2.75) is 13.0 Å². The Morgan fingerprint density at radius 1 is 1.53 bits per heavy atom. The van der Waals surface area contributed by atoms with Crippen LogP contribution in [0.3, 0.4) is 0 Å². The van der Waals surface area contributed by atoms with Gasteiger partial charge in [0.05, 0.1) is 0 Å². The van der Waals surface area contributed by atoms with Gasteiger partial charge in [-0.15, -0.1) is 0 Å². The average Bonchev–Trinajstić information content (AvgIpc) is 2.36. The molecule has 0 spiro atoms. The number of amides is 1. The molecule has 1 aliphatic heterocycles. The molecule has 2 heterocycles. The number of pyridine rings is 1. The second-order valence-electron chi connectivity index (χ2n) is 4.39. The lowest BCUT2D eigenvalue weighted by Crippen LogP contribution is -2.38. The summed E-state index contributed by atoms with van der Waals surface area (Å²) in [5.74, 6) is 0.720. The van der Waals surface area contributed by atoms with Gasteiger partial charge in [0.15, 0.2) is 0 Å². The van der Waals surface area contributed by atoms with Crippen LogP contribution in [0.1, 0.15) is 11.3 Å². The fourth-order valence-corrected chi connectivity index (χ4v) is 1.97. The lowest BCUT2D eigenvalue weighted by atomic mass is 10.1. The zero-order chi connectivity index (χ0) is 12.4. The third kappa shape index (κ3) is 2.39. The molecule has 17 heavy (non-hydrogen) atoms. The van der Waals surface area contributed by atoms with Crippen LogP contribution in [0, 0.1) is 0 Å². The lowest BCUT2D eigenvalue weighted by molar-refractivity contribution is -0.135. The largest absolute Gasteiger partial charge is 0.387 e. The minimum absolute atomic E-state index is 0.215. The summed E-state index contributed by atoms with van der Waals surface area (Å²) in [6.07, 6.45) is 0.753. The van der Waals surface area contributed by atoms with E-state index in [0.29, 0.717) is 13.1 Å². The van der Waals surface area contributed by atoms with Crippen molar-refractivity contribution in [1.82, 2.24) is 9.88 Å². The quantitative estimate of drug-likeness (QED) is 0.785. The van der Waals surface area contributed by atoms with E-state index >= 15 is 0 Å². The number of hydrogen-bond donors (Lipinski definition) is 1. The standard InChI is InChI=1S/C12H17N3O2/c1-14(2)11-4-3-9-7-15(12(17)8-16)6-5-10(9)13-11/h3-4,16H,5-8H2,1-2H3. The van der Waals surface area contributed by atoms with Crippen LogP contribution in [0.4, 0.5) is 5.82 Å². The highest BCUT2D eigenvalue weighted by molar-refractivity contribution is 5.77. The van der Waals surface area contributed by atoms with Crippen LogP contribution in [-0.4, -0.2) is 48.1 Å². The van der Waals surface area contributed by atoms with E-state index in [0.717, 1.165) is 23.5 Å². The van der Waals surface area contributed by atoms with E-state index in [1.165, 1.54) is 0 Å². The van der Waals surface area contributed by atoms with Crippen LogP contribution in [0.15, 0.2) is 12.1 Å². The van der Waals surface area contributed by atoms with Crippen molar-refractivity contribution in [3.8, 4) is 0 Å². The molecule has 5 heteroatoms. The minimum atomic E-state index is -0.418. The maximum atomic E-state index is 11.4. The fraction of sp³-hybridized carbons (Fsp3) is 0.500. The maximum Gasteiger partial charge on any atom is 0.248 e. The van der Waals surface area contributed by atoms with Gasteiger partial charge in [0.2, 0.25) is 5.91 Å². The van der Waals surface area contributed by atoms with Gasteiger partial charge in [-0.1, -0.05) is 6.07 Å². The van der Waals surface area contributed by atoms with Crippen molar-refractivity contribution in [3.63, 3.8) is 0 Å². The number of carbonyl (C=O) groups excluding carboxylic acids is 1. The summed E-state index contributed by atoms with van der Waals surface area (Å²) in [7, 11) is 3.91. The second kappa shape index (κ2) is 4.71. The molecule has 5 nitrogen and oxygen atoms in total. The predicted molar refractivity (Wildman–Crippen MR) is 64.8 cm³/mol. The molecular formula is C12H17N3O2. The topological polar surface area (TPSA) is 56.7 Å². The van der Waals surface area contributed by atoms with Crippen molar-refractivity contribution in [1.29, 1.82) is 0 Å². The SMILES string of the molecule is CN(C)c1ccc2c(n1)CCN(C(=O)CO)C2. The number of aliphatic hydroxyl groups excluding tert-OH is 1. The second-order valence-corrected chi connectivity index (χ2v) is 4.39. The summed E-state index contributed by atoms with van der Waals surface area (Å²) < 4.78 is 0. The Balaban J connectivity index is 2.20. The third-order valence-electron chi connectivity index (χ3n) is 2.98.